The molecule has 1 fully saturated rings. The fraction of sp³-hybridized carbons (Fsp3) is 0.357. The van der Waals surface area contributed by atoms with Crippen LogP contribution in [0.5, 0.6) is 0 Å². The van der Waals surface area contributed by atoms with E-state index in [1.807, 2.05) is 30.3 Å². The Bertz CT molecular complexity index is 666. The number of nitrogens with zero attached hydrogens (tertiary/aromatic N) is 3. The molecule has 0 aliphatic carbocycles. The predicted octanol–water partition coefficient (Wildman–Crippen LogP) is 2.88. The molecular weight excluding hydrogens is 324 g/mol. The van der Waals surface area contributed by atoms with E-state index < -0.39 is 17.5 Å². The minimum absolute atomic E-state index is 0.00213. The van der Waals surface area contributed by atoms with Gasteiger partial charge >= 0.3 is 6.03 Å². The molecule has 6 nitrogen and oxygen atoms in total. The van der Waals surface area contributed by atoms with Crippen molar-refractivity contribution in [1.29, 1.82) is 0 Å². The first-order chi connectivity index (χ1) is 11.1. The van der Waals surface area contributed by atoms with Crippen LogP contribution in [0, 0.1) is 0 Å². The Morgan fingerprint density at radius 1 is 1.30 bits per heavy atom. The van der Waals surface area contributed by atoms with E-state index in [0.29, 0.717) is 17.9 Å². The zero-order chi connectivity index (χ0) is 16.2. The minimum Gasteiger partial charge on any atom is -0.369 e. The smallest absolute Gasteiger partial charge is 0.321 e. The van der Waals surface area contributed by atoms with Gasteiger partial charge in [-0.25, -0.2) is 13.6 Å². The molecule has 122 valence electrons. The van der Waals surface area contributed by atoms with Crippen LogP contribution < -0.4 is 15.5 Å². The lowest BCUT2D eigenvalue weighted by atomic mass is 10.3. The molecule has 1 aliphatic heterocycles. The van der Waals surface area contributed by atoms with Crippen LogP contribution in [0.25, 0.3) is 0 Å². The summed E-state index contributed by atoms with van der Waals surface area (Å²) in [4.78, 5) is 14.1. The average molecular weight is 339 g/mol. The number of hydrogen-bond acceptors (Lipinski definition) is 5. The number of urea groups is 1. The fourth-order valence-corrected chi connectivity index (χ4v) is 3.04. The third-order valence-electron chi connectivity index (χ3n) is 3.49. The van der Waals surface area contributed by atoms with Crippen LogP contribution in [0.2, 0.25) is 0 Å². The third-order valence-corrected chi connectivity index (χ3v) is 4.34. The highest BCUT2D eigenvalue weighted by atomic mass is 32.1. The molecule has 23 heavy (non-hydrogen) atoms. The Balaban J connectivity index is 1.50. The number of amides is 2. The number of nitrogens with one attached hydrogen (secondary N) is 2. The second kappa shape index (κ2) is 6.86. The maximum atomic E-state index is 12.4. The number of hydrogen-bond donors (Lipinski definition) is 2. The van der Waals surface area contributed by atoms with Crippen molar-refractivity contribution in [3.8, 4) is 0 Å². The van der Waals surface area contributed by atoms with Gasteiger partial charge in [0, 0.05) is 24.8 Å². The van der Waals surface area contributed by atoms with Gasteiger partial charge in [0.15, 0.2) is 5.01 Å². The number of rotatable bonds is 4. The SMILES string of the molecule is O=C(Nc1nnc(C(F)F)s1)N[C@H]1CCN(c2ccccc2)C1. The Hall–Kier alpha value is -2.29. The molecule has 2 heterocycles. The number of alkyl halides is 2. The predicted molar refractivity (Wildman–Crippen MR) is 84.1 cm³/mol. The largest absolute Gasteiger partial charge is 0.369 e. The van der Waals surface area contributed by atoms with Crippen LogP contribution in [0.15, 0.2) is 30.3 Å². The van der Waals surface area contributed by atoms with E-state index in [1.165, 1.54) is 0 Å². The van der Waals surface area contributed by atoms with Crippen molar-refractivity contribution in [3.05, 3.63) is 35.3 Å². The van der Waals surface area contributed by atoms with Gasteiger partial charge in [-0.1, -0.05) is 29.5 Å². The second-order valence-electron chi connectivity index (χ2n) is 5.11. The highest BCUT2D eigenvalue weighted by molar-refractivity contribution is 7.15. The van der Waals surface area contributed by atoms with E-state index in [1.54, 1.807) is 0 Å². The number of aromatic nitrogens is 2. The Morgan fingerprint density at radius 2 is 2.09 bits per heavy atom. The molecule has 1 aromatic heterocycles. The second-order valence-corrected chi connectivity index (χ2v) is 6.12. The van der Waals surface area contributed by atoms with Crippen LogP contribution >= 0.6 is 11.3 Å². The molecule has 1 aromatic carbocycles. The lowest BCUT2D eigenvalue weighted by molar-refractivity contribution is 0.150. The molecule has 0 saturated carbocycles. The maximum Gasteiger partial charge on any atom is 0.321 e. The van der Waals surface area contributed by atoms with Crippen LogP contribution in [0.1, 0.15) is 17.9 Å². The summed E-state index contributed by atoms with van der Waals surface area (Å²) >= 11 is 0.670. The Kier molecular flexibility index (Phi) is 4.65. The van der Waals surface area contributed by atoms with Gasteiger partial charge in [-0.3, -0.25) is 5.32 Å². The van der Waals surface area contributed by atoms with Gasteiger partial charge in [-0.15, -0.1) is 10.2 Å². The number of halogens is 2. The molecular formula is C14H15F2N5OS. The van der Waals surface area contributed by atoms with Crippen LogP contribution in [-0.4, -0.2) is 35.4 Å². The highest BCUT2D eigenvalue weighted by Crippen LogP contribution is 2.25. The van der Waals surface area contributed by atoms with Crippen molar-refractivity contribution in [2.45, 2.75) is 18.9 Å². The monoisotopic (exact) mass is 339 g/mol. The molecule has 0 radical (unpaired) electrons. The molecule has 2 amide bonds. The summed E-state index contributed by atoms with van der Waals surface area (Å²) in [5.41, 5.74) is 1.11. The summed E-state index contributed by atoms with van der Waals surface area (Å²) < 4.78 is 24.8. The number of benzene rings is 1. The summed E-state index contributed by atoms with van der Waals surface area (Å²) in [5, 5.41) is 11.8. The van der Waals surface area contributed by atoms with E-state index in [2.05, 4.69) is 25.7 Å². The molecule has 1 atom stereocenters. The van der Waals surface area contributed by atoms with Crippen molar-refractivity contribution < 1.29 is 13.6 Å². The third kappa shape index (κ3) is 3.92. The summed E-state index contributed by atoms with van der Waals surface area (Å²) in [6.07, 6.45) is -1.86. The van der Waals surface area contributed by atoms with Gasteiger partial charge in [-0.2, -0.15) is 0 Å². The van der Waals surface area contributed by atoms with Gasteiger partial charge in [0.25, 0.3) is 6.43 Å². The fourth-order valence-electron chi connectivity index (χ4n) is 2.44. The van der Waals surface area contributed by atoms with E-state index >= 15 is 0 Å². The topological polar surface area (TPSA) is 70.1 Å². The van der Waals surface area contributed by atoms with E-state index in [9.17, 15) is 13.6 Å². The molecule has 2 N–H and O–H groups in total. The quantitative estimate of drug-likeness (QED) is 0.899. The number of carbonyl (C=O) groups excluding carboxylic acids is 1. The Morgan fingerprint density at radius 3 is 2.78 bits per heavy atom. The first-order valence-electron chi connectivity index (χ1n) is 7.11. The van der Waals surface area contributed by atoms with Crippen molar-refractivity contribution in [3.63, 3.8) is 0 Å². The van der Waals surface area contributed by atoms with Crippen molar-refractivity contribution in [2.75, 3.05) is 23.3 Å². The molecule has 0 spiro atoms. The highest BCUT2D eigenvalue weighted by Gasteiger charge is 2.24. The van der Waals surface area contributed by atoms with E-state index in [0.717, 1.165) is 18.7 Å². The first-order valence-corrected chi connectivity index (χ1v) is 7.92. The standard InChI is InChI=1S/C14H15F2N5OS/c15-11(16)12-19-20-14(23-12)18-13(22)17-9-6-7-21(8-9)10-4-2-1-3-5-10/h1-5,9,11H,6-8H2,(H2,17,18,20,22)/t9-/m0/s1. The lowest BCUT2D eigenvalue weighted by Crippen LogP contribution is -2.39. The molecule has 0 bridgehead atoms. The molecule has 2 aromatic rings. The summed E-state index contributed by atoms with van der Waals surface area (Å²) in [6.45, 7) is 1.55. The number of para-hydroxylation sites is 1. The van der Waals surface area contributed by atoms with Gasteiger partial charge in [0.2, 0.25) is 5.13 Å². The Labute approximate surface area is 135 Å². The molecule has 3 rings (SSSR count). The van der Waals surface area contributed by atoms with Crippen LogP contribution in [0.3, 0.4) is 0 Å². The number of carbonyl (C=O) groups is 1. The molecule has 1 saturated heterocycles. The van der Waals surface area contributed by atoms with Crippen molar-refractivity contribution >= 4 is 28.2 Å². The summed E-state index contributed by atoms with van der Waals surface area (Å²) in [5.74, 6) is 0. The maximum absolute atomic E-state index is 12.4. The summed E-state index contributed by atoms with van der Waals surface area (Å²) in [7, 11) is 0. The van der Waals surface area contributed by atoms with E-state index in [-0.39, 0.29) is 11.2 Å². The van der Waals surface area contributed by atoms with Gasteiger partial charge < -0.3 is 10.2 Å². The summed E-state index contributed by atoms with van der Waals surface area (Å²) in [6, 6.07) is 9.49. The average Bonchev–Trinajstić information content (AvgIpc) is 3.18. The van der Waals surface area contributed by atoms with Gasteiger partial charge in [0.05, 0.1) is 0 Å². The molecule has 0 unspecified atom stereocenters. The van der Waals surface area contributed by atoms with Crippen LogP contribution in [-0.2, 0) is 0 Å². The normalized spacial score (nSPS) is 17.5. The van der Waals surface area contributed by atoms with Crippen molar-refractivity contribution in [1.82, 2.24) is 15.5 Å². The molecule has 9 heteroatoms. The number of anilines is 2. The van der Waals surface area contributed by atoms with E-state index in [4.69, 9.17) is 0 Å². The minimum atomic E-state index is -2.68. The van der Waals surface area contributed by atoms with Crippen LogP contribution in [0.4, 0.5) is 24.4 Å². The zero-order valence-electron chi connectivity index (χ0n) is 12.1. The zero-order valence-corrected chi connectivity index (χ0v) is 12.9. The van der Waals surface area contributed by atoms with Gasteiger partial charge in [-0.05, 0) is 18.6 Å². The first kappa shape index (κ1) is 15.6. The van der Waals surface area contributed by atoms with Crippen molar-refractivity contribution in [2.24, 2.45) is 0 Å². The van der Waals surface area contributed by atoms with Gasteiger partial charge in [0.1, 0.15) is 0 Å². The molecule has 1 aliphatic rings. The lowest BCUT2D eigenvalue weighted by Gasteiger charge is -2.18.